The van der Waals surface area contributed by atoms with E-state index in [-0.39, 0.29) is 5.44 Å². The second kappa shape index (κ2) is 4.24. The zero-order valence-electron chi connectivity index (χ0n) is 8.63. The van der Waals surface area contributed by atoms with E-state index in [1.165, 1.54) is 4.70 Å². The molecule has 1 saturated heterocycles. The van der Waals surface area contributed by atoms with Crippen molar-refractivity contribution in [2.24, 2.45) is 0 Å². The lowest BCUT2D eigenvalue weighted by Crippen LogP contribution is -2.40. The Morgan fingerprint density at radius 3 is 3.12 bits per heavy atom. The number of rotatable bonds is 1. The Morgan fingerprint density at radius 2 is 2.31 bits per heavy atom. The molecule has 0 N–H and O–H groups in total. The lowest BCUT2D eigenvalue weighted by atomic mass is 10.3. The second-order valence-corrected chi connectivity index (χ2v) is 5.25. The number of thiazole rings is 1. The molecule has 0 aliphatic carbocycles. The van der Waals surface area contributed by atoms with Crippen LogP contribution in [0.3, 0.4) is 0 Å². The molecule has 0 bridgehead atoms. The van der Waals surface area contributed by atoms with Crippen molar-refractivity contribution in [1.82, 2.24) is 4.98 Å². The van der Waals surface area contributed by atoms with E-state index in [2.05, 4.69) is 16.0 Å². The monoisotopic (exact) mass is 251 g/mol. The van der Waals surface area contributed by atoms with Crippen molar-refractivity contribution in [2.75, 3.05) is 24.6 Å². The maximum atomic E-state index is 5.35. The zero-order valence-corrected chi connectivity index (χ0v) is 10.3. The van der Waals surface area contributed by atoms with Crippen molar-refractivity contribution in [2.45, 2.75) is 5.44 Å². The molecule has 1 aromatic carbocycles. The van der Waals surface area contributed by atoms with E-state index in [9.17, 15) is 0 Å². The standard InChI is InChI=1S/C11H11N2OS2/c15-10-7-13(5-6-14-10)11-12-8-3-1-2-4-9(8)16-11/h1-4,10H,5-7H2. The molecule has 83 valence electrons. The van der Waals surface area contributed by atoms with E-state index in [1.807, 2.05) is 18.2 Å². The minimum absolute atomic E-state index is 0.110. The average molecular weight is 251 g/mol. The molecular weight excluding hydrogens is 240 g/mol. The van der Waals surface area contributed by atoms with Crippen LogP contribution in [0.2, 0.25) is 0 Å². The summed E-state index contributed by atoms with van der Waals surface area (Å²) in [6.07, 6.45) is 0. The molecule has 1 unspecified atom stereocenters. The van der Waals surface area contributed by atoms with Gasteiger partial charge in [-0.15, -0.1) is 0 Å². The summed E-state index contributed by atoms with van der Waals surface area (Å²) in [6.45, 7) is 2.34. The van der Waals surface area contributed by atoms with Crippen molar-refractivity contribution in [3.8, 4) is 0 Å². The van der Waals surface area contributed by atoms with Crippen molar-refractivity contribution >= 4 is 39.3 Å². The summed E-state index contributed by atoms with van der Waals surface area (Å²) in [5, 5.41) is 1.05. The van der Waals surface area contributed by atoms with E-state index in [4.69, 9.17) is 17.4 Å². The molecule has 2 heterocycles. The smallest absolute Gasteiger partial charge is 0.186 e. The molecule has 1 aromatic heterocycles. The van der Waals surface area contributed by atoms with E-state index in [1.54, 1.807) is 11.3 Å². The van der Waals surface area contributed by atoms with Crippen LogP contribution in [-0.2, 0) is 4.74 Å². The SMILES string of the molecule is [S]C1CN(c2nc3ccccc3s2)CCO1. The summed E-state index contributed by atoms with van der Waals surface area (Å²) >= 11 is 6.88. The lowest BCUT2D eigenvalue weighted by Gasteiger charge is -2.29. The van der Waals surface area contributed by atoms with Gasteiger partial charge < -0.3 is 9.64 Å². The number of hydrogen-bond donors (Lipinski definition) is 0. The average Bonchev–Trinajstić information content (AvgIpc) is 2.72. The molecule has 1 aliphatic heterocycles. The Morgan fingerprint density at radius 1 is 1.44 bits per heavy atom. The molecule has 5 heteroatoms. The van der Waals surface area contributed by atoms with Gasteiger partial charge in [0.15, 0.2) is 5.13 Å². The van der Waals surface area contributed by atoms with E-state index >= 15 is 0 Å². The van der Waals surface area contributed by atoms with Crippen LogP contribution < -0.4 is 4.90 Å². The predicted molar refractivity (Wildman–Crippen MR) is 69.2 cm³/mol. The fraction of sp³-hybridized carbons (Fsp3) is 0.364. The van der Waals surface area contributed by atoms with Crippen LogP contribution >= 0.6 is 24.0 Å². The highest BCUT2D eigenvalue weighted by Gasteiger charge is 2.20. The number of nitrogens with zero attached hydrogens (tertiary/aromatic N) is 2. The number of ether oxygens (including phenoxy) is 1. The number of aromatic nitrogens is 1. The van der Waals surface area contributed by atoms with Gasteiger partial charge in [-0.3, -0.25) is 0 Å². The summed E-state index contributed by atoms with van der Waals surface area (Å²) in [5.41, 5.74) is 0.954. The highest BCUT2D eigenvalue weighted by Crippen LogP contribution is 2.29. The Bertz CT molecular complexity index is 466. The largest absolute Gasteiger partial charge is 0.363 e. The Labute approximate surface area is 103 Å². The lowest BCUT2D eigenvalue weighted by molar-refractivity contribution is 0.0997. The Kier molecular flexibility index (Phi) is 2.75. The molecule has 1 fully saturated rings. The normalized spacial score (nSPS) is 21.6. The van der Waals surface area contributed by atoms with Crippen LogP contribution in [0.4, 0.5) is 5.13 Å². The first kappa shape index (κ1) is 10.4. The molecule has 2 aromatic rings. The minimum Gasteiger partial charge on any atom is -0.363 e. The van der Waals surface area contributed by atoms with E-state index in [0.717, 1.165) is 23.7 Å². The van der Waals surface area contributed by atoms with Crippen LogP contribution in [0.1, 0.15) is 0 Å². The first-order valence-electron chi connectivity index (χ1n) is 5.21. The van der Waals surface area contributed by atoms with Gasteiger partial charge in [-0.2, -0.15) is 0 Å². The predicted octanol–water partition coefficient (Wildman–Crippen LogP) is 2.66. The van der Waals surface area contributed by atoms with E-state index < -0.39 is 0 Å². The highest BCUT2D eigenvalue weighted by molar-refractivity contribution is 7.80. The quantitative estimate of drug-likeness (QED) is 0.779. The van der Waals surface area contributed by atoms with Crippen LogP contribution in [-0.4, -0.2) is 30.1 Å². The van der Waals surface area contributed by atoms with Gasteiger partial charge in [-0.1, -0.05) is 36.1 Å². The number of anilines is 1. The summed E-state index contributed by atoms with van der Waals surface area (Å²) < 4.78 is 6.58. The highest BCUT2D eigenvalue weighted by atomic mass is 32.1. The summed E-state index contributed by atoms with van der Waals surface area (Å²) in [5.74, 6) is 0. The summed E-state index contributed by atoms with van der Waals surface area (Å²) in [4.78, 5) is 6.83. The molecule has 3 nitrogen and oxygen atoms in total. The Hall–Kier alpha value is -0.780. The Balaban J connectivity index is 1.93. The molecule has 0 amide bonds. The van der Waals surface area contributed by atoms with Gasteiger partial charge in [-0.05, 0) is 12.1 Å². The molecular formula is C11H11N2OS2. The van der Waals surface area contributed by atoms with Gasteiger partial charge >= 0.3 is 0 Å². The number of morpholine rings is 1. The van der Waals surface area contributed by atoms with Crippen LogP contribution in [0.15, 0.2) is 24.3 Å². The fourth-order valence-corrected chi connectivity index (χ4v) is 3.06. The fourth-order valence-electron chi connectivity index (χ4n) is 1.79. The number of fused-ring (bicyclic) bond motifs is 1. The van der Waals surface area contributed by atoms with Crippen LogP contribution in [0, 0.1) is 0 Å². The first-order chi connectivity index (χ1) is 7.83. The van der Waals surface area contributed by atoms with Crippen molar-refractivity contribution in [3.05, 3.63) is 24.3 Å². The van der Waals surface area contributed by atoms with Crippen molar-refractivity contribution < 1.29 is 4.74 Å². The first-order valence-corrected chi connectivity index (χ1v) is 6.50. The minimum atomic E-state index is -0.110. The second-order valence-electron chi connectivity index (χ2n) is 3.71. The number of hydrogen-bond acceptors (Lipinski definition) is 4. The topological polar surface area (TPSA) is 25.4 Å². The third-order valence-electron chi connectivity index (χ3n) is 2.59. The molecule has 1 radical (unpaired) electrons. The van der Waals surface area contributed by atoms with Gasteiger partial charge in [0.1, 0.15) is 5.44 Å². The van der Waals surface area contributed by atoms with Gasteiger partial charge in [0, 0.05) is 6.54 Å². The molecule has 0 saturated carbocycles. The molecule has 0 spiro atoms. The van der Waals surface area contributed by atoms with Gasteiger partial charge in [0.2, 0.25) is 0 Å². The van der Waals surface area contributed by atoms with Gasteiger partial charge in [0.05, 0.1) is 23.4 Å². The summed E-state index contributed by atoms with van der Waals surface area (Å²) in [7, 11) is 0. The maximum Gasteiger partial charge on any atom is 0.186 e. The molecule has 1 aliphatic rings. The zero-order chi connectivity index (χ0) is 11.0. The van der Waals surface area contributed by atoms with Crippen molar-refractivity contribution in [3.63, 3.8) is 0 Å². The third kappa shape index (κ3) is 1.90. The van der Waals surface area contributed by atoms with E-state index in [0.29, 0.717) is 6.61 Å². The van der Waals surface area contributed by atoms with Gasteiger partial charge in [-0.25, -0.2) is 4.98 Å². The summed E-state index contributed by atoms with van der Waals surface area (Å²) in [6, 6.07) is 8.20. The number of benzene rings is 1. The van der Waals surface area contributed by atoms with Gasteiger partial charge in [0.25, 0.3) is 0 Å². The number of para-hydroxylation sites is 1. The third-order valence-corrected chi connectivity index (χ3v) is 3.97. The maximum absolute atomic E-state index is 5.35. The molecule has 3 rings (SSSR count). The van der Waals surface area contributed by atoms with Crippen molar-refractivity contribution in [1.29, 1.82) is 0 Å². The molecule has 1 atom stereocenters. The van der Waals surface area contributed by atoms with Crippen LogP contribution in [0.25, 0.3) is 10.2 Å². The van der Waals surface area contributed by atoms with Crippen LogP contribution in [0.5, 0.6) is 0 Å². The molecule has 16 heavy (non-hydrogen) atoms.